The van der Waals surface area contributed by atoms with Gasteiger partial charge in [0.1, 0.15) is 15.7 Å². The highest BCUT2D eigenvalue weighted by Crippen LogP contribution is 2.45. The van der Waals surface area contributed by atoms with Crippen molar-refractivity contribution in [2.75, 3.05) is 58.3 Å². The number of benzene rings is 2. The Morgan fingerprint density at radius 2 is 1.93 bits per heavy atom. The molecule has 6 atom stereocenters. The maximum Gasteiger partial charge on any atom is 0.286 e. The number of ether oxygens (including phenoxy) is 4. The average molecular weight is 809 g/mol. The summed E-state index contributed by atoms with van der Waals surface area (Å²) in [6, 6.07) is 13.2. The first-order valence-electron chi connectivity index (χ1n) is 19.7. The number of carbonyl (C=O) groups excluding carboxylic acids is 2. The van der Waals surface area contributed by atoms with Gasteiger partial charge < -0.3 is 28.4 Å². The minimum Gasteiger partial charge on any atom is -0.490 e. The van der Waals surface area contributed by atoms with Crippen LogP contribution >= 0.6 is 11.6 Å². The van der Waals surface area contributed by atoms with E-state index in [-0.39, 0.29) is 40.6 Å². The first-order valence-corrected chi connectivity index (χ1v) is 21.7. The topological polar surface area (TPSA) is 121 Å². The number of nitrogens with zero attached hydrogens (tertiary/aromatic N) is 3. The second kappa shape index (κ2) is 18.3. The van der Waals surface area contributed by atoms with Crippen LogP contribution in [0.25, 0.3) is 0 Å². The van der Waals surface area contributed by atoms with Crippen LogP contribution < -0.4 is 14.4 Å². The van der Waals surface area contributed by atoms with Gasteiger partial charge in [-0.3, -0.25) is 14.3 Å². The molecule has 3 heterocycles. The van der Waals surface area contributed by atoms with Crippen LogP contribution in [0.2, 0.25) is 5.02 Å². The van der Waals surface area contributed by atoms with E-state index in [1.54, 1.807) is 39.7 Å². The van der Waals surface area contributed by atoms with E-state index in [1.807, 2.05) is 35.8 Å². The van der Waals surface area contributed by atoms with E-state index >= 15 is 0 Å². The Kier molecular flexibility index (Phi) is 13.7. The number of hydrogen-bond acceptors (Lipinski definition) is 8. The summed E-state index contributed by atoms with van der Waals surface area (Å²) in [5.74, 6) is -0.427. The van der Waals surface area contributed by atoms with Gasteiger partial charge in [0.2, 0.25) is 0 Å². The number of carbonyl (C=O) groups is 2. The lowest BCUT2D eigenvalue weighted by Crippen LogP contribution is -2.47. The normalized spacial score (nSPS) is 27.5. The van der Waals surface area contributed by atoms with Crippen LogP contribution in [0.4, 0.5) is 5.69 Å². The van der Waals surface area contributed by atoms with Crippen LogP contribution in [-0.4, -0.2) is 80.1 Å². The Morgan fingerprint density at radius 1 is 1.11 bits per heavy atom. The monoisotopic (exact) mass is 808 g/mol. The van der Waals surface area contributed by atoms with Gasteiger partial charge in [-0.1, -0.05) is 50.6 Å². The van der Waals surface area contributed by atoms with E-state index in [0.717, 1.165) is 42.1 Å². The molecule has 2 bridgehead atoms. The molecule has 13 heteroatoms. The quantitative estimate of drug-likeness (QED) is 0.173. The van der Waals surface area contributed by atoms with Crippen LogP contribution in [-0.2, 0) is 49.1 Å². The predicted octanol–water partition coefficient (Wildman–Crippen LogP) is 7.63. The van der Waals surface area contributed by atoms with Gasteiger partial charge >= 0.3 is 0 Å². The second-order valence-electron chi connectivity index (χ2n) is 15.9. The fourth-order valence-electron chi connectivity index (χ4n) is 8.48. The molecule has 2 amide bonds. The summed E-state index contributed by atoms with van der Waals surface area (Å²) < 4.78 is 47.1. The predicted molar refractivity (Wildman–Crippen MR) is 221 cm³/mol. The maximum absolute atomic E-state index is 14.8. The lowest BCUT2D eigenvalue weighted by Gasteiger charge is -2.42. The zero-order chi connectivity index (χ0) is 40.0. The van der Waals surface area contributed by atoms with Crippen molar-refractivity contribution in [3.63, 3.8) is 0 Å². The van der Waals surface area contributed by atoms with Crippen LogP contribution in [0.15, 0.2) is 65.2 Å². The van der Waals surface area contributed by atoms with Crippen LogP contribution in [0.5, 0.6) is 5.75 Å². The van der Waals surface area contributed by atoms with E-state index in [2.05, 4.69) is 46.0 Å². The first-order chi connectivity index (χ1) is 26.9. The van der Waals surface area contributed by atoms with E-state index in [9.17, 15) is 13.8 Å². The number of nitrogens with one attached hydrogen (secondary N) is 1. The number of allylic oxidation sites excluding steroid dienone is 1. The minimum absolute atomic E-state index is 0.0238. The summed E-state index contributed by atoms with van der Waals surface area (Å²) in [7, 11) is 1.38. The van der Waals surface area contributed by atoms with Gasteiger partial charge in [0, 0.05) is 75.5 Å². The van der Waals surface area contributed by atoms with Gasteiger partial charge in [-0.2, -0.15) is 0 Å². The van der Waals surface area contributed by atoms with E-state index < -0.39 is 21.7 Å². The van der Waals surface area contributed by atoms with Gasteiger partial charge in [-0.15, -0.1) is 4.36 Å². The van der Waals surface area contributed by atoms with Crippen molar-refractivity contribution in [1.29, 1.82) is 0 Å². The minimum atomic E-state index is -3.59. The Balaban J connectivity index is 1.40. The fraction of sp³-hybridized carbons (Fsp3) is 0.535. The molecule has 0 saturated heterocycles. The molecule has 1 aliphatic carbocycles. The van der Waals surface area contributed by atoms with Crippen molar-refractivity contribution < 1.29 is 32.7 Å². The molecule has 1 aromatic heterocycles. The largest absolute Gasteiger partial charge is 0.490 e. The average Bonchev–Trinajstić information content (AvgIpc) is 3.50. The van der Waals surface area contributed by atoms with Crippen molar-refractivity contribution in [3.8, 4) is 5.75 Å². The van der Waals surface area contributed by atoms with E-state index in [0.29, 0.717) is 57.2 Å². The number of anilines is 1. The molecule has 304 valence electrons. The van der Waals surface area contributed by atoms with Crippen molar-refractivity contribution in [3.05, 3.63) is 93.8 Å². The smallest absolute Gasteiger partial charge is 0.286 e. The lowest BCUT2D eigenvalue weighted by molar-refractivity contribution is 0.0743. The fourth-order valence-corrected chi connectivity index (χ4v) is 10.6. The number of amides is 2. The number of hydrogen-bond donors (Lipinski definition) is 1. The molecule has 1 spiro atoms. The van der Waals surface area contributed by atoms with Crippen molar-refractivity contribution in [1.82, 2.24) is 9.29 Å². The highest BCUT2D eigenvalue weighted by Gasteiger charge is 2.42. The molecule has 56 heavy (non-hydrogen) atoms. The SMILES string of the molecule is COCCCn1cc(C(=O)NS2(=O)=NC(=O)c3ccc4c(c3)N(C[C@H](C)[C@@H](C)[C@@H](OC)/C=C/C[C@H](C)C2)C[C@@]2(CCCc3cc(Cl)ccc32)CO4)cc1COC. The molecule has 3 aromatic rings. The molecular weight excluding hydrogens is 752 g/mol. The molecule has 0 radical (unpaired) electrons. The van der Waals surface area contributed by atoms with Gasteiger partial charge in [0.05, 0.1) is 36.3 Å². The molecule has 2 aromatic carbocycles. The number of halogens is 1. The number of methoxy groups -OCH3 is 3. The molecule has 0 fully saturated rings. The van der Waals surface area contributed by atoms with Gasteiger partial charge in [-0.25, -0.2) is 4.21 Å². The highest BCUT2D eigenvalue weighted by atomic mass is 35.5. The van der Waals surface area contributed by atoms with Gasteiger partial charge in [-0.05, 0) is 97.4 Å². The van der Waals surface area contributed by atoms with Gasteiger partial charge in [0.15, 0.2) is 0 Å². The molecule has 6 rings (SSSR count). The standard InChI is InChI=1S/C43H57ClN4O7S/c1-29-10-7-12-39(54-6)31(3)30(2)23-48-27-43(17-8-11-32-20-35(44)14-15-37(32)43)28-55-40-16-13-33(22-38(40)48)41(49)45-56(51,26-29)46-42(50)34-21-36(25-53-5)47(24-34)18-9-19-52-4/h7,12-16,20-22,24,29-31,39H,8-11,17-19,23,25-28H2,1-6H3,(H,45,46,49,50,51)/b12-7+/t29-,30-,31+,39-,43-,56?/m0/s1. The van der Waals surface area contributed by atoms with Gasteiger partial charge in [0.25, 0.3) is 11.8 Å². The summed E-state index contributed by atoms with van der Waals surface area (Å²) in [5.41, 5.74) is 4.36. The summed E-state index contributed by atoms with van der Waals surface area (Å²) in [6.07, 6.45) is 9.90. The van der Waals surface area contributed by atoms with Crippen molar-refractivity contribution in [2.45, 2.75) is 77.5 Å². The molecule has 1 unspecified atom stereocenters. The number of aromatic nitrogens is 1. The van der Waals surface area contributed by atoms with Crippen molar-refractivity contribution >= 4 is 39.0 Å². The van der Waals surface area contributed by atoms with Crippen molar-refractivity contribution in [2.24, 2.45) is 22.1 Å². The third kappa shape index (κ3) is 9.53. The Hall–Kier alpha value is -3.68. The molecule has 2 aliphatic heterocycles. The molecule has 0 saturated carbocycles. The number of rotatable bonds is 9. The zero-order valence-corrected chi connectivity index (χ0v) is 35.1. The van der Waals surface area contributed by atoms with Crippen LogP contribution in [0.1, 0.15) is 84.0 Å². The lowest BCUT2D eigenvalue weighted by atomic mass is 9.70. The van der Waals surface area contributed by atoms with E-state index in [4.69, 9.17) is 30.5 Å². The zero-order valence-electron chi connectivity index (χ0n) is 33.6. The Morgan fingerprint density at radius 3 is 2.70 bits per heavy atom. The Labute approximate surface area is 337 Å². The molecule has 3 aliphatic rings. The summed E-state index contributed by atoms with van der Waals surface area (Å²) >= 11 is 6.47. The second-order valence-corrected chi connectivity index (χ2v) is 18.4. The molecule has 11 nitrogen and oxygen atoms in total. The number of fused-ring (bicyclic) bond motifs is 3. The van der Waals surface area contributed by atoms with E-state index in [1.165, 1.54) is 11.1 Å². The third-order valence-electron chi connectivity index (χ3n) is 11.6. The summed E-state index contributed by atoms with van der Waals surface area (Å²) in [6.45, 7) is 9.71. The molecular formula is C43H57ClN4O7S. The highest BCUT2D eigenvalue weighted by molar-refractivity contribution is 7.92. The first kappa shape index (κ1) is 41.9. The Bertz CT molecular complexity index is 2040. The molecule has 1 N–H and O–H groups in total. The maximum atomic E-state index is 14.8. The summed E-state index contributed by atoms with van der Waals surface area (Å²) in [5, 5.41) is 0.728. The third-order valence-corrected chi connectivity index (χ3v) is 13.8. The number of aryl methyl sites for hydroxylation is 2. The van der Waals surface area contributed by atoms with Crippen LogP contribution in [0, 0.1) is 17.8 Å². The van der Waals surface area contributed by atoms with Crippen LogP contribution in [0.3, 0.4) is 0 Å². The summed E-state index contributed by atoms with van der Waals surface area (Å²) in [4.78, 5) is 30.4.